The standard InChI is InChI=1S/C12H26O6Si/c1-19(2)7-5-3-4-6-13-8-14-9-15-10-16-11-17-12-18-19/h3-12H2,1-2H3. The summed E-state index contributed by atoms with van der Waals surface area (Å²) in [5.74, 6) is 0. The normalized spacial score (nSPS) is 25.6. The van der Waals surface area contributed by atoms with Crippen LogP contribution in [0.1, 0.15) is 19.3 Å². The highest BCUT2D eigenvalue weighted by molar-refractivity contribution is 6.71. The van der Waals surface area contributed by atoms with Gasteiger partial charge in [0.2, 0.25) is 0 Å². The van der Waals surface area contributed by atoms with Gasteiger partial charge in [0.15, 0.2) is 28.7 Å². The average Bonchev–Trinajstić information content (AvgIpc) is 2.37. The molecule has 6 nitrogen and oxygen atoms in total. The fourth-order valence-corrected chi connectivity index (χ4v) is 3.28. The predicted octanol–water partition coefficient (Wildman–Crippen LogP) is 2.26. The SMILES string of the molecule is C[Si]1(C)CCCCCOCOCOCOCOCO1. The molecule has 0 N–H and O–H groups in total. The smallest absolute Gasteiger partial charge is 0.189 e. The molecule has 1 saturated heterocycles. The Morgan fingerprint density at radius 2 is 1.21 bits per heavy atom. The summed E-state index contributed by atoms with van der Waals surface area (Å²) in [6.07, 6.45) is 3.37. The van der Waals surface area contributed by atoms with Crippen LogP contribution < -0.4 is 0 Å². The van der Waals surface area contributed by atoms with Gasteiger partial charge in [-0.15, -0.1) is 0 Å². The highest BCUT2D eigenvalue weighted by Crippen LogP contribution is 2.16. The maximum absolute atomic E-state index is 5.79. The molecule has 1 aliphatic heterocycles. The topological polar surface area (TPSA) is 55.4 Å². The Bertz CT molecular complexity index is 194. The zero-order valence-electron chi connectivity index (χ0n) is 12.0. The lowest BCUT2D eigenvalue weighted by Crippen LogP contribution is -2.31. The van der Waals surface area contributed by atoms with E-state index in [1.807, 2.05) is 0 Å². The van der Waals surface area contributed by atoms with Crippen LogP contribution in [0.15, 0.2) is 0 Å². The minimum atomic E-state index is -1.61. The van der Waals surface area contributed by atoms with Crippen molar-refractivity contribution >= 4 is 8.32 Å². The molecule has 0 aromatic heterocycles. The van der Waals surface area contributed by atoms with Crippen molar-refractivity contribution in [3.05, 3.63) is 0 Å². The molecule has 0 radical (unpaired) electrons. The van der Waals surface area contributed by atoms with E-state index >= 15 is 0 Å². The van der Waals surface area contributed by atoms with E-state index in [1.165, 1.54) is 6.42 Å². The molecule has 0 aromatic rings. The summed E-state index contributed by atoms with van der Waals surface area (Å²) in [6.45, 7) is 6.16. The highest BCUT2D eigenvalue weighted by atomic mass is 28.4. The molecule has 0 aliphatic carbocycles. The summed E-state index contributed by atoms with van der Waals surface area (Å²) in [4.78, 5) is 0. The number of ether oxygens (including phenoxy) is 5. The lowest BCUT2D eigenvalue weighted by Gasteiger charge is -2.22. The predicted molar refractivity (Wildman–Crippen MR) is 71.9 cm³/mol. The molecule has 7 heteroatoms. The van der Waals surface area contributed by atoms with Crippen molar-refractivity contribution in [1.82, 2.24) is 0 Å². The Labute approximate surface area is 116 Å². The fraction of sp³-hybridized carbons (Fsp3) is 1.00. The van der Waals surface area contributed by atoms with Crippen LogP contribution in [-0.4, -0.2) is 48.9 Å². The second kappa shape index (κ2) is 10.7. The van der Waals surface area contributed by atoms with Crippen LogP contribution in [0.3, 0.4) is 0 Å². The Hall–Kier alpha value is -0.0231. The molecule has 1 heterocycles. The van der Waals surface area contributed by atoms with Crippen molar-refractivity contribution in [1.29, 1.82) is 0 Å². The maximum atomic E-state index is 5.79. The average molecular weight is 294 g/mol. The zero-order chi connectivity index (χ0) is 13.8. The maximum Gasteiger partial charge on any atom is 0.189 e. The zero-order valence-corrected chi connectivity index (χ0v) is 13.0. The van der Waals surface area contributed by atoms with Crippen molar-refractivity contribution in [2.75, 3.05) is 40.6 Å². The van der Waals surface area contributed by atoms with Crippen molar-refractivity contribution in [2.45, 2.75) is 38.4 Å². The quantitative estimate of drug-likeness (QED) is 0.639. The van der Waals surface area contributed by atoms with E-state index < -0.39 is 8.32 Å². The molecule has 0 amide bonds. The summed E-state index contributed by atoms with van der Waals surface area (Å²) in [5.41, 5.74) is 0. The van der Waals surface area contributed by atoms with E-state index in [4.69, 9.17) is 28.1 Å². The van der Waals surface area contributed by atoms with Gasteiger partial charge in [-0.05, 0) is 25.6 Å². The molecule has 0 spiro atoms. The van der Waals surface area contributed by atoms with Crippen LogP contribution in [0.5, 0.6) is 0 Å². The van der Waals surface area contributed by atoms with Gasteiger partial charge in [0, 0.05) is 6.61 Å². The molecule has 19 heavy (non-hydrogen) atoms. The molecule has 0 unspecified atom stereocenters. The second-order valence-electron chi connectivity index (χ2n) is 5.03. The number of rotatable bonds is 0. The third kappa shape index (κ3) is 10.4. The summed E-state index contributed by atoms with van der Waals surface area (Å²) >= 11 is 0. The molecule has 114 valence electrons. The van der Waals surface area contributed by atoms with E-state index in [2.05, 4.69) is 13.1 Å². The van der Waals surface area contributed by atoms with E-state index in [-0.39, 0.29) is 27.2 Å². The lowest BCUT2D eigenvalue weighted by molar-refractivity contribution is -0.199. The highest BCUT2D eigenvalue weighted by Gasteiger charge is 2.21. The number of hydrogen-bond acceptors (Lipinski definition) is 6. The van der Waals surface area contributed by atoms with Crippen molar-refractivity contribution in [2.24, 2.45) is 0 Å². The van der Waals surface area contributed by atoms with Gasteiger partial charge >= 0.3 is 0 Å². The van der Waals surface area contributed by atoms with Gasteiger partial charge in [-0.1, -0.05) is 12.8 Å². The van der Waals surface area contributed by atoms with E-state index in [0.29, 0.717) is 6.79 Å². The molecule has 1 aliphatic rings. The van der Waals surface area contributed by atoms with Gasteiger partial charge in [0.1, 0.15) is 13.6 Å². The third-order valence-electron chi connectivity index (χ3n) is 2.77. The summed E-state index contributed by atoms with van der Waals surface area (Å²) in [7, 11) is -1.61. The van der Waals surface area contributed by atoms with Gasteiger partial charge in [-0.2, -0.15) is 0 Å². The van der Waals surface area contributed by atoms with Crippen LogP contribution in [0.25, 0.3) is 0 Å². The molecule has 1 fully saturated rings. The molecule has 0 bridgehead atoms. The number of hydrogen-bond donors (Lipinski definition) is 0. The molecular weight excluding hydrogens is 268 g/mol. The minimum Gasteiger partial charge on any atom is -0.395 e. The first-order chi connectivity index (χ1) is 9.21. The summed E-state index contributed by atoms with van der Waals surface area (Å²) < 4.78 is 31.6. The van der Waals surface area contributed by atoms with Crippen LogP contribution >= 0.6 is 0 Å². The van der Waals surface area contributed by atoms with Crippen molar-refractivity contribution < 1.29 is 28.1 Å². The largest absolute Gasteiger partial charge is 0.395 e. The minimum absolute atomic E-state index is 0.140. The van der Waals surface area contributed by atoms with E-state index in [0.717, 1.165) is 25.5 Å². The third-order valence-corrected chi connectivity index (χ3v) is 5.22. The molecule has 0 saturated carbocycles. The first-order valence-corrected chi connectivity index (χ1v) is 9.85. The molecule has 0 atom stereocenters. The van der Waals surface area contributed by atoms with Gasteiger partial charge < -0.3 is 28.1 Å². The van der Waals surface area contributed by atoms with E-state index in [9.17, 15) is 0 Å². The van der Waals surface area contributed by atoms with Crippen molar-refractivity contribution in [3.8, 4) is 0 Å². The summed E-state index contributed by atoms with van der Waals surface area (Å²) in [5, 5.41) is 0. The Morgan fingerprint density at radius 1 is 0.632 bits per heavy atom. The van der Waals surface area contributed by atoms with Crippen LogP contribution in [0.2, 0.25) is 19.1 Å². The van der Waals surface area contributed by atoms with Gasteiger partial charge in [-0.25, -0.2) is 0 Å². The van der Waals surface area contributed by atoms with E-state index in [1.54, 1.807) is 0 Å². The van der Waals surface area contributed by atoms with Crippen molar-refractivity contribution in [3.63, 3.8) is 0 Å². The first-order valence-electron chi connectivity index (χ1n) is 6.73. The monoisotopic (exact) mass is 294 g/mol. The van der Waals surface area contributed by atoms with Crippen LogP contribution in [0.4, 0.5) is 0 Å². The lowest BCUT2D eigenvalue weighted by atomic mass is 10.3. The fourth-order valence-electron chi connectivity index (χ4n) is 1.64. The first kappa shape index (κ1) is 17.0. The van der Waals surface area contributed by atoms with Crippen LogP contribution in [-0.2, 0) is 28.1 Å². The molecule has 0 aromatic carbocycles. The van der Waals surface area contributed by atoms with Gasteiger partial charge in [-0.3, -0.25) is 0 Å². The Morgan fingerprint density at radius 3 is 1.89 bits per heavy atom. The Kier molecular flexibility index (Phi) is 9.61. The van der Waals surface area contributed by atoms with Gasteiger partial charge in [0.05, 0.1) is 0 Å². The Balaban J connectivity index is 2.20. The van der Waals surface area contributed by atoms with Gasteiger partial charge in [0.25, 0.3) is 0 Å². The van der Waals surface area contributed by atoms with Crippen LogP contribution in [0, 0.1) is 0 Å². The second-order valence-corrected chi connectivity index (χ2v) is 9.34. The summed E-state index contributed by atoms with van der Waals surface area (Å²) in [6, 6.07) is 1.14. The molecular formula is C12H26O6Si. The molecule has 1 rings (SSSR count).